The van der Waals surface area contributed by atoms with E-state index in [1.165, 1.54) is 30.1 Å². The summed E-state index contributed by atoms with van der Waals surface area (Å²) >= 11 is 1.98. The first-order valence-electron chi connectivity index (χ1n) is 5.59. The summed E-state index contributed by atoms with van der Waals surface area (Å²) in [5.41, 5.74) is 6.74. The molecule has 1 aromatic carbocycles. The third-order valence-electron chi connectivity index (χ3n) is 2.98. The number of anilines is 1. The Kier molecular flexibility index (Phi) is 4.07. The van der Waals surface area contributed by atoms with Crippen molar-refractivity contribution in [2.45, 2.75) is 12.5 Å². The zero-order valence-corrected chi connectivity index (χ0v) is 9.97. The molecule has 0 aliphatic carbocycles. The Morgan fingerprint density at radius 1 is 1.44 bits per heavy atom. The summed E-state index contributed by atoms with van der Waals surface area (Å²) in [6.45, 7) is 0.628. The van der Waals surface area contributed by atoms with Gasteiger partial charge in [-0.3, -0.25) is 0 Å². The van der Waals surface area contributed by atoms with Gasteiger partial charge in [0.2, 0.25) is 0 Å². The van der Waals surface area contributed by atoms with E-state index in [1.54, 1.807) is 12.1 Å². The van der Waals surface area contributed by atoms with E-state index in [9.17, 15) is 4.39 Å². The van der Waals surface area contributed by atoms with Crippen LogP contribution < -0.4 is 11.1 Å². The molecule has 16 heavy (non-hydrogen) atoms. The Balaban J connectivity index is 1.97. The van der Waals surface area contributed by atoms with Gasteiger partial charge in [-0.15, -0.1) is 0 Å². The van der Waals surface area contributed by atoms with Crippen molar-refractivity contribution >= 4 is 17.4 Å². The van der Waals surface area contributed by atoms with Crippen LogP contribution in [0.25, 0.3) is 0 Å². The normalized spacial score (nSPS) is 22.0. The summed E-state index contributed by atoms with van der Waals surface area (Å²) < 4.78 is 12.8. The van der Waals surface area contributed by atoms with Crippen molar-refractivity contribution in [3.8, 4) is 0 Å². The van der Waals surface area contributed by atoms with Crippen LogP contribution >= 0.6 is 11.8 Å². The zero-order valence-electron chi connectivity index (χ0n) is 9.16. The molecule has 2 nitrogen and oxygen atoms in total. The molecule has 0 aromatic heterocycles. The minimum absolute atomic E-state index is 0.203. The second-order valence-corrected chi connectivity index (χ2v) is 5.27. The van der Waals surface area contributed by atoms with Gasteiger partial charge in [-0.1, -0.05) is 0 Å². The van der Waals surface area contributed by atoms with E-state index in [4.69, 9.17) is 5.73 Å². The lowest BCUT2D eigenvalue weighted by atomic mass is 9.99. The molecule has 0 saturated carbocycles. The summed E-state index contributed by atoms with van der Waals surface area (Å²) in [5.74, 6) is 2.84. The van der Waals surface area contributed by atoms with Crippen molar-refractivity contribution in [3.63, 3.8) is 0 Å². The highest BCUT2D eigenvalue weighted by Gasteiger charge is 2.24. The smallest absolute Gasteiger partial charge is 0.123 e. The van der Waals surface area contributed by atoms with Gasteiger partial charge in [0.15, 0.2) is 0 Å². The van der Waals surface area contributed by atoms with E-state index in [0.29, 0.717) is 18.5 Å². The number of hydrogen-bond donors (Lipinski definition) is 2. The molecule has 2 atom stereocenters. The van der Waals surface area contributed by atoms with Crippen molar-refractivity contribution < 1.29 is 4.39 Å². The van der Waals surface area contributed by atoms with E-state index in [-0.39, 0.29) is 5.82 Å². The number of nitrogens with one attached hydrogen (secondary N) is 1. The molecule has 1 aromatic rings. The Labute approximate surface area is 99.8 Å². The van der Waals surface area contributed by atoms with Gasteiger partial charge >= 0.3 is 0 Å². The Morgan fingerprint density at radius 3 is 2.75 bits per heavy atom. The summed E-state index contributed by atoms with van der Waals surface area (Å²) in [4.78, 5) is 0. The summed E-state index contributed by atoms with van der Waals surface area (Å²) in [6, 6.07) is 6.78. The second-order valence-electron chi connectivity index (χ2n) is 4.12. The highest BCUT2D eigenvalue weighted by molar-refractivity contribution is 7.99. The lowest BCUT2D eigenvalue weighted by molar-refractivity contribution is 0.499. The van der Waals surface area contributed by atoms with Crippen molar-refractivity contribution in [3.05, 3.63) is 30.1 Å². The molecular formula is C12H17FN2S. The van der Waals surface area contributed by atoms with Crippen LogP contribution in [-0.4, -0.2) is 24.1 Å². The number of rotatable bonds is 4. The van der Waals surface area contributed by atoms with E-state index < -0.39 is 0 Å². The number of hydrogen-bond acceptors (Lipinski definition) is 3. The number of nitrogens with two attached hydrogens (primary N) is 1. The highest BCUT2D eigenvalue weighted by Crippen LogP contribution is 2.27. The number of thioether (sulfide) groups is 1. The van der Waals surface area contributed by atoms with Crippen molar-refractivity contribution in [1.82, 2.24) is 0 Å². The summed E-state index contributed by atoms with van der Waals surface area (Å²) in [5, 5.41) is 3.39. The quantitative estimate of drug-likeness (QED) is 0.848. The molecule has 1 fully saturated rings. The zero-order chi connectivity index (χ0) is 11.4. The van der Waals surface area contributed by atoms with Crippen LogP contribution in [-0.2, 0) is 0 Å². The molecule has 0 amide bonds. The first kappa shape index (κ1) is 11.7. The van der Waals surface area contributed by atoms with Gasteiger partial charge in [0.1, 0.15) is 5.82 Å². The summed E-state index contributed by atoms with van der Waals surface area (Å²) in [6.07, 6.45) is 1.22. The fourth-order valence-electron chi connectivity index (χ4n) is 2.00. The maximum Gasteiger partial charge on any atom is 0.123 e. The molecule has 0 bridgehead atoms. The Hall–Kier alpha value is -0.740. The largest absolute Gasteiger partial charge is 0.381 e. The maximum atomic E-state index is 12.8. The SMILES string of the molecule is NCC(Nc1ccc(F)cc1)C1CCSC1. The van der Waals surface area contributed by atoms with Crippen molar-refractivity contribution in [2.75, 3.05) is 23.4 Å². The number of halogens is 1. The fourth-order valence-corrected chi connectivity index (χ4v) is 3.34. The van der Waals surface area contributed by atoms with Gasteiger partial charge in [0.25, 0.3) is 0 Å². The molecule has 1 aliphatic heterocycles. The lowest BCUT2D eigenvalue weighted by Gasteiger charge is -2.23. The van der Waals surface area contributed by atoms with Crippen LogP contribution in [0.4, 0.5) is 10.1 Å². The molecule has 0 spiro atoms. The van der Waals surface area contributed by atoms with E-state index >= 15 is 0 Å². The highest BCUT2D eigenvalue weighted by atomic mass is 32.2. The third kappa shape index (κ3) is 2.89. The number of benzene rings is 1. The van der Waals surface area contributed by atoms with Gasteiger partial charge in [0.05, 0.1) is 0 Å². The molecule has 2 rings (SSSR count). The fraction of sp³-hybridized carbons (Fsp3) is 0.500. The second kappa shape index (κ2) is 5.55. The topological polar surface area (TPSA) is 38.0 Å². The average Bonchev–Trinajstić information content (AvgIpc) is 2.82. The van der Waals surface area contributed by atoms with E-state index in [2.05, 4.69) is 5.32 Å². The van der Waals surface area contributed by atoms with Gasteiger partial charge in [0, 0.05) is 18.3 Å². The van der Waals surface area contributed by atoms with Crippen molar-refractivity contribution in [1.29, 1.82) is 0 Å². The first-order chi connectivity index (χ1) is 7.79. The van der Waals surface area contributed by atoms with Gasteiger partial charge < -0.3 is 11.1 Å². The van der Waals surface area contributed by atoms with Crippen LogP contribution in [0.2, 0.25) is 0 Å². The minimum Gasteiger partial charge on any atom is -0.381 e. The molecular weight excluding hydrogens is 223 g/mol. The standard InChI is InChI=1S/C12H17FN2S/c13-10-1-3-11(4-2-10)15-12(7-14)9-5-6-16-8-9/h1-4,9,12,15H,5-8,14H2. The van der Waals surface area contributed by atoms with Crippen LogP contribution in [0, 0.1) is 11.7 Å². The van der Waals surface area contributed by atoms with Gasteiger partial charge in [-0.25, -0.2) is 4.39 Å². The minimum atomic E-state index is -0.203. The Morgan fingerprint density at radius 2 is 2.19 bits per heavy atom. The first-order valence-corrected chi connectivity index (χ1v) is 6.75. The predicted octanol–water partition coefficient (Wildman–Crippen LogP) is 2.32. The van der Waals surface area contributed by atoms with Gasteiger partial charge in [-0.05, 0) is 48.1 Å². The van der Waals surface area contributed by atoms with E-state index in [1.807, 2.05) is 11.8 Å². The van der Waals surface area contributed by atoms with Crippen LogP contribution in [0.5, 0.6) is 0 Å². The molecule has 4 heteroatoms. The van der Waals surface area contributed by atoms with E-state index in [0.717, 1.165) is 5.69 Å². The molecule has 0 radical (unpaired) electrons. The Bertz CT molecular complexity index is 322. The molecule has 1 aliphatic rings. The van der Waals surface area contributed by atoms with Gasteiger partial charge in [-0.2, -0.15) is 11.8 Å². The molecule has 1 heterocycles. The summed E-state index contributed by atoms with van der Waals surface area (Å²) in [7, 11) is 0. The van der Waals surface area contributed by atoms with Crippen molar-refractivity contribution in [2.24, 2.45) is 11.7 Å². The third-order valence-corrected chi connectivity index (χ3v) is 4.17. The van der Waals surface area contributed by atoms with Crippen LogP contribution in [0.3, 0.4) is 0 Å². The lowest BCUT2D eigenvalue weighted by Crippen LogP contribution is -2.36. The molecule has 88 valence electrons. The molecule has 3 N–H and O–H groups in total. The monoisotopic (exact) mass is 240 g/mol. The molecule has 2 unspecified atom stereocenters. The molecule has 1 saturated heterocycles. The van der Waals surface area contributed by atoms with Crippen LogP contribution in [0.1, 0.15) is 6.42 Å². The average molecular weight is 240 g/mol. The maximum absolute atomic E-state index is 12.8. The van der Waals surface area contributed by atoms with Crippen LogP contribution in [0.15, 0.2) is 24.3 Å². The predicted molar refractivity (Wildman–Crippen MR) is 68.3 cm³/mol.